The number of hydrogen-bond donors (Lipinski definition) is 1. The van der Waals surface area contributed by atoms with Crippen LogP contribution in [-0.2, 0) is 24.8 Å². The molecule has 11 heteroatoms. The monoisotopic (exact) mass is 529 g/mol. The van der Waals surface area contributed by atoms with Gasteiger partial charge < -0.3 is 10.1 Å². The van der Waals surface area contributed by atoms with Crippen LogP contribution in [0.25, 0.3) is 0 Å². The highest BCUT2D eigenvalue weighted by Crippen LogP contribution is 2.28. The molecule has 3 aromatic carbocycles. The molecule has 1 aliphatic rings. The van der Waals surface area contributed by atoms with Crippen LogP contribution in [0.3, 0.4) is 0 Å². The molecule has 1 atom stereocenters. The third kappa shape index (κ3) is 5.29. The Labute approximate surface area is 211 Å². The molecular formula is C25H27N3O6S2. The minimum atomic E-state index is -4.08. The lowest BCUT2D eigenvalue weighted by Gasteiger charge is -2.39. The fourth-order valence-electron chi connectivity index (χ4n) is 4.00. The van der Waals surface area contributed by atoms with Gasteiger partial charge in [0.1, 0.15) is 11.8 Å². The number of nitrogens with zero attached hydrogens (tertiary/aromatic N) is 2. The van der Waals surface area contributed by atoms with Crippen molar-refractivity contribution in [3.63, 3.8) is 0 Å². The molecular weight excluding hydrogens is 502 g/mol. The van der Waals surface area contributed by atoms with E-state index in [4.69, 9.17) is 4.74 Å². The van der Waals surface area contributed by atoms with Crippen molar-refractivity contribution >= 4 is 31.6 Å². The minimum Gasteiger partial charge on any atom is -0.492 e. The average molecular weight is 530 g/mol. The van der Waals surface area contributed by atoms with Crippen molar-refractivity contribution in [3.05, 3.63) is 84.9 Å². The number of piperazine rings is 1. The van der Waals surface area contributed by atoms with Gasteiger partial charge in [-0.25, -0.2) is 16.8 Å². The van der Waals surface area contributed by atoms with E-state index in [9.17, 15) is 21.6 Å². The van der Waals surface area contributed by atoms with Crippen LogP contribution in [0.1, 0.15) is 6.92 Å². The van der Waals surface area contributed by atoms with E-state index >= 15 is 0 Å². The molecule has 190 valence electrons. The van der Waals surface area contributed by atoms with Gasteiger partial charge in [-0.15, -0.1) is 0 Å². The fraction of sp³-hybridized carbons (Fsp3) is 0.240. The number of carbonyl (C=O) groups excluding carboxylic acids is 1. The Balaban J connectivity index is 1.69. The zero-order valence-corrected chi connectivity index (χ0v) is 21.3. The first-order valence-electron chi connectivity index (χ1n) is 11.4. The summed E-state index contributed by atoms with van der Waals surface area (Å²) in [6, 6.07) is 21.1. The summed E-state index contributed by atoms with van der Waals surface area (Å²) in [6.45, 7) is 1.55. The van der Waals surface area contributed by atoms with Crippen molar-refractivity contribution in [3.8, 4) is 5.75 Å². The first-order valence-corrected chi connectivity index (χ1v) is 14.3. The highest BCUT2D eigenvalue weighted by atomic mass is 32.2. The smallest absolute Gasteiger partial charge is 0.244 e. The quantitative estimate of drug-likeness (QED) is 0.480. The Bertz CT molecular complexity index is 1410. The van der Waals surface area contributed by atoms with Gasteiger partial charge in [-0.2, -0.15) is 8.61 Å². The molecule has 0 saturated carbocycles. The molecule has 1 unspecified atom stereocenters. The van der Waals surface area contributed by atoms with E-state index in [1.165, 1.54) is 24.3 Å². The lowest BCUT2D eigenvalue weighted by Crippen LogP contribution is -2.60. The van der Waals surface area contributed by atoms with Gasteiger partial charge in [-0.05, 0) is 43.3 Å². The summed E-state index contributed by atoms with van der Waals surface area (Å²) in [7, 11) is -8.03. The zero-order chi connectivity index (χ0) is 25.8. The van der Waals surface area contributed by atoms with E-state index in [1.807, 2.05) is 0 Å². The number of hydrogen-bond acceptors (Lipinski definition) is 6. The molecule has 1 fully saturated rings. The van der Waals surface area contributed by atoms with Crippen molar-refractivity contribution < 1.29 is 26.4 Å². The minimum absolute atomic E-state index is 0.0249. The second-order valence-electron chi connectivity index (χ2n) is 8.04. The van der Waals surface area contributed by atoms with E-state index in [2.05, 4.69) is 5.32 Å². The fourth-order valence-corrected chi connectivity index (χ4v) is 7.05. The Morgan fingerprint density at radius 2 is 1.39 bits per heavy atom. The van der Waals surface area contributed by atoms with E-state index < -0.39 is 32.0 Å². The van der Waals surface area contributed by atoms with Crippen LogP contribution in [0, 0.1) is 0 Å². The van der Waals surface area contributed by atoms with Crippen molar-refractivity contribution in [2.75, 3.05) is 31.6 Å². The molecule has 4 rings (SSSR count). The summed E-state index contributed by atoms with van der Waals surface area (Å²) in [5.74, 6) is -0.231. The molecule has 0 bridgehead atoms. The summed E-state index contributed by atoms with van der Waals surface area (Å²) in [4.78, 5) is 13.6. The Morgan fingerprint density at radius 3 is 2.00 bits per heavy atom. The van der Waals surface area contributed by atoms with Crippen molar-refractivity contribution in [2.45, 2.75) is 22.8 Å². The Kier molecular flexibility index (Phi) is 7.74. The third-order valence-corrected chi connectivity index (χ3v) is 9.57. The molecule has 1 saturated heterocycles. The summed E-state index contributed by atoms with van der Waals surface area (Å²) in [6.07, 6.45) is 0. The van der Waals surface area contributed by atoms with Crippen LogP contribution in [0.5, 0.6) is 5.75 Å². The number of rotatable bonds is 8. The van der Waals surface area contributed by atoms with E-state index in [1.54, 1.807) is 67.6 Å². The van der Waals surface area contributed by atoms with Gasteiger partial charge in [0.05, 0.1) is 22.1 Å². The second kappa shape index (κ2) is 10.8. The maximum Gasteiger partial charge on any atom is 0.244 e. The van der Waals surface area contributed by atoms with E-state index in [-0.39, 0.29) is 29.4 Å². The molecule has 0 radical (unpaired) electrons. The average Bonchev–Trinajstić information content (AvgIpc) is 2.90. The maximum atomic E-state index is 13.5. The van der Waals surface area contributed by atoms with Crippen LogP contribution < -0.4 is 10.1 Å². The summed E-state index contributed by atoms with van der Waals surface area (Å²) in [5, 5.41) is 2.74. The summed E-state index contributed by atoms with van der Waals surface area (Å²) < 4.78 is 61.4. The number of ether oxygens (including phenoxy) is 1. The van der Waals surface area contributed by atoms with Crippen LogP contribution in [-0.4, -0.2) is 63.6 Å². The number of sulfonamides is 2. The molecule has 36 heavy (non-hydrogen) atoms. The number of nitrogens with one attached hydrogen (secondary N) is 1. The van der Waals surface area contributed by atoms with Gasteiger partial charge in [0.2, 0.25) is 26.0 Å². The summed E-state index contributed by atoms with van der Waals surface area (Å²) in [5.41, 5.74) is 0.365. The lowest BCUT2D eigenvalue weighted by atomic mass is 10.2. The maximum absolute atomic E-state index is 13.5. The predicted molar refractivity (Wildman–Crippen MR) is 136 cm³/mol. The largest absolute Gasteiger partial charge is 0.492 e. The third-order valence-electron chi connectivity index (χ3n) is 5.77. The van der Waals surface area contributed by atoms with Crippen LogP contribution in [0.4, 0.5) is 5.69 Å². The van der Waals surface area contributed by atoms with Gasteiger partial charge in [0, 0.05) is 19.6 Å². The van der Waals surface area contributed by atoms with Gasteiger partial charge in [0.25, 0.3) is 0 Å². The molecule has 0 aliphatic carbocycles. The summed E-state index contributed by atoms with van der Waals surface area (Å²) >= 11 is 0. The van der Waals surface area contributed by atoms with Crippen LogP contribution in [0.15, 0.2) is 94.7 Å². The van der Waals surface area contributed by atoms with Crippen molar-refractivity contribution in [1.82, 2.24) is 8.61 Å². The zero-order valence-electron chi connectivity index (χ0n) is 19.6. The number of benzene rings is 3. The van der Waals surface area contributed by atoms with Gasteiger partial charge >= 0.3 is 0 Å². The van der Waals surface area contributed by atoms with Crippen molar-refractivity contribution in [1.29, 1.82) is 0 Å². The molecule has 1 heterocycles. The van der Waals surface area contributed by atoms with Gasteiger partial charge in [0.15, 0.2) is 0 Å². The SMILES string of the molecule is CCOc1ccccc1NC(=O)C1CN(S(=O)(=O)c2ccccc2)CCN1S(=O)(=O)c1ccccc1. The number of amides is 1. The lowest BCUT2D eigenvalue weighted by molar-refractivity contribution is -0.120. The molecule has 1 N–H and O–H groups in total. The van der Waals surface area contributed by atoms with Crippen molar-refractivity contribution in [2.24, 2.45) is 0 Å². The molecule has 1 aliphatic heterocycles. The van der Waals surface area contributed by atoms with Crippen LogP contribution >= 0.6 is 0 Å². The first-order chi connectivity index (χ1) is 17.2. The van der Waals surface area contributed by atoms with Crippen LogP contribution in [0.2, 0.25) is 0 Å². The molecule has 1 amide bonds. The van der Waals surface area contributed by atoms with Gasteiger partial charge in [-0.1, -0.05) is 48.5 Å². The standard InChI is InChI=1S/C25H27N3O6S2/c1-2-34-24-16-10-9-15-22(24)26-25(29)23-19-27(35(30,31)20-11-5-3-6-12-20)17-18-28(23)36(32,33)21-13-7-4-8-14-21/h3-16,23H,2,17-19H2,1H3,(H,26,29). The second-order valence-corrected chi connectivity index (χ2v) is 11.9. The molecule has 9 nitrogen and oxygen atoms in total. The Morgan fingerprint density at radius 1 is 0.833 bits per heavy atom. The highest BCUT2D eigenvalue weighted by molar-refractivity contribution is 7.89. The normalized spacial score (nSPS) is 17.4. The number of para-hydroxylation sites is 2. The highest BCUT2D eigenvalue weighted by Gasteiger charge is 2.43. The number of carbonyl (C=O) groups is 1. The van der Waals surface area contributed by atoms with Gasteiger partial charge in [-0.3, -0.25) is 4.79 Å². The van der Waals surface area contributed by atoms with E-state index in [0.29, 0.717) is 18.0 Å². The van der Waals surface area contributed by atoms with E-state index in [0.717, 1.165) is 8.61 Å². The Hall–Kier alpha value is -3.25. The predicted octanol–water partition coefficient (Wildman–Crippen LogP) is 2.79. The molecule has 0 aromatic heterocycles. The topological polar surface area (TPSA) is 113 Å². The first kappa shape index (κ1) is 25.8. The number of anilines is 1. The molecule has 3 aromatic rings. The molecule has 0 spiro atoms.